The summed E-state index contributed by atoms with van der Waals surface area (Å²) in [5.74, 6) is 0.817. The number of urea groups is 1. The summed E-state index contributed by atoms with van der Waals surface area (Å²) in [7, 11) is 1.57. The number of thiol groups is 1. The van der Waals surface area contributed by atoms with E-state index >= 15 is 0 Å². The standard InChI is InChI=1S/C32H32ClFN4O6S/c1-41-29-17-24-26(18-30(29)43-12-3-6-22-19-42-13-11-35-22)36-10-9-27(24)44-28-8-7-23(16-25(28)33)38(45)32(40)37-31(39)15-20-4-2-5-21(34)14-20/h2,4-5,7-10,14,16-18,22,35,45H,3,6,11-13,15,19H2,1H3,(H,37,39,40). The van der Waals surface area contributed by atoms with E-state index in [0.29, 0.717) is 64.4 Å². The first-order valence-corrected chi connectivity index (χ1v) is 15.0. The molecule has 3 aromatic carbocycles. The maximum atomic E-state index is 13.4. The predicted molar refractivity (Wildman–Crippen MR) is 172 cm³/mol. The quantitative estimate of drug-likeness (QED) is 0.131. The molecule has 1 unspecified atom stereocenters. The van der Waals surface area contributed by atoms with Crippen molar-refractivity contribution >= 4 is 52.9 Å². The van der Waals surface area contributed by atoms with Crippen molar-refractivity contribution < 1.29 is 32.9 Å². The number of nitrogens with one attached hydrogen (secondary N) is 2. The number of methoxy groups -OCH3 is 1. The summed E-state index contributed by atoms with van der Waals surface area (Å²) < 4.78 is 37.6. The van der Waals surface area contributed by atoms with Crippen LogP contribution < -0.4 is 29.1 Å². The Hall–Kier alpha value is -4.10. The molecule has 1 saturated heterocycles. The van der Waals surface area contributed by atoms with Crippen LogP contribution in [0.2, 0.25) is 5.02 Å². The number of anilines is 1. The molecule has 10 nitrogen and oxygen atoms in total. The number of ether oxygens (including phenoxy) is 4. The van der Waals surface area contributed by atoms with Crippen molar-refractivity contribution in [2.24, 2.45) is 0 Å². The van der Waals surface area contributed by atoms with E-state index < -0.39 is 17.8 Å². The number of imide groups is 1. The molecule has 0 saturated carbocycles. The fourth-order valence-corrected chi connectivity index (χ4v) is 5.18. The van der Waals surface area contributed by atoms with Gasteiger partial charge < -0.3 is 24.3 Å². The maximum Gasteiger partial charge on any atom is 0.338 e. The SMILES string of the molecule is COc1cc2c(Oc3ccc(N(S)C(=O)NC(=O)Cc4cccc(F)c4)cc3Cl)ccnc2cc1OCCCC1COCCN1. The number of nitrogens with zero attached hydrogens (tertiary/aromatic N) is 2. The minimum Gasteiger partial charge on any atom is -0.493 e. The van der Waals surface area contributed by atoms with Gasteiger partial charge in [0.15, 0.2) is 11.5 Å². The number of carbonyl (C=O) groups is 2. The van der Waals surface area contributed by atoms with Gasteiger partial charge in [-0.25, -0.2) is 13.5 Å². The van der Waals surface area contributed by atoms with Crippen molar-refractivity contribution in [3.8, 4) is 23.0 Å². The first kappa shape index (κ1) is 32.3. The number of aromatic nitrogens is 1. The first-order chi connectivity index (χ1) is 21.8. The second-order valence-corrected chi connectivity index (χ2v) is 11.0. The summed E-state index contributed by atoms with van der Waals surface area (Å²) in [6, 6.07) is 15.0. The number of pyridine rings is 1. The van der Waals surface area contributed by atoms with Gasteiger partial charge in [-0.2, -0.15) is 0 Å². The summed E-state index contributed by atoms with van der Waals surface area (Å²) in [6.45, 7) is 2.83. The van der Waals surface area contributed by atoms with E-state index in [9.17, 15) is 14.0 Å². The molecule has 0 spiro atoms. The van der Waals surface area contributed by atoms with Crippen molar-refractivity contribution in [1.82, 2.24) is 15.6 Å². The molecule has 4 aromatic rings. The van der Waals surface area contributed by atoms with E-state index in [0.717, 1.165) is 30.3 Å². The molecule has 0 bridgehead atoms. The molecule has 236 valence electrons. The zero-order valence-electron chi connectivity index (χ0n) is 24.4. The Labute approximate surface area is 270 Å². The van der Waals surface area contributed by atoms with Crippen LogP contribution >= 0.6 is 24.4 Å². The molecule has 13 heteroatoms. The van der Waals surface area contributed by atoms with Gasteiger partial charge >= 0.3 is 6.03 Å². The van der Waals surface area contributed by atoms with Gasteiger partial charge in [-0.1, -0.05) is 36.5 Å². The topological polar surface area (TPSA) is 111 Å². The lowest BCUT2D eigenvalue weighted by atomic mass is 10.1. The van der Waals surface area contributed by atoms with E-state index in [1.807, 2.05) is 0 Å². The van der Waals surface area contributed by atoms with Crippen LogP contribution in [0.15, 0.2) is 66.9 Å². The van der Waals surface area contributed by atoms with Gasteiger partial charge in [0, 0.05) is 30.2 Å². The Bertz CT molecular complexity index is 1670. The van der Waals surface area contributed by atoms with Crippen LogP contribution in [-0.2, 0) is 16.0 Å². The average Bonchev–Trinajstić information content (AvgIpc) is 3.03. The monoisotopic (exact) mass is 654 g/mol. The number of rotatable bonds is 11. The molecule has 45 heavy (non-hydrogen) atoms. The highest BCUT2D eigenvalue weighted by Crippen LogP contribution is 2.39. The van der Waals surface area contributed by atoms with Crippen LogP contribution in [-0.4, -0.2) is 56.4 Å². The van der Waals surface area contributed by atoms with Crippen LogP contribution in [0, 0.1) is 5.82 Å². The molecule has 1 aliphatic heterocycles. The van der Waals surface area contributed by atoms with Crippen molar-refractivity contribution in [2.75, 3.05) is 37.8 Å². The lowest BCUT2D eigenvalue weighted by molar-refractivity contribution is -0.119. The highest BCUT2D eigenvalue weighted by Gasteiger charge is 2.19. The Morgan fingerprint density at radius 2 is 2.00 bits per heavy atom. The third kappa shape index (κ3) is 8.54. The fourth-order valence-electron chi connectivity index (χ4n) is 4.80. The number of fused-ring (bicyclic) bond motifs is 1. The zero-order valence-corrected chi connectivity index (χ0v) is 26.1. The normalized spacial score (nSPS) is 14.5. The third-order valence-corrected chi connectivity index (χ3v) is 7.72. The number of hydrogen-bond acceptors (Lipinski definition) is 9. The van der Waals surface area contributed by atoms with E-state index in [1.54, 1.807) is 49.7 Å². The van der Waals surface area contributed by atoms with Gasteiger partial charge in [-0.05, 0) is 60.9 Å². The van der Waals surface area contributed by atoms with Gasteiger partial charge in [0.25, 0.3) is 0 Å². The zero-order chi connectivity index (χ0) is 31.8. The maximum absolute atomic E-state index is 13.4. The number of halogens is 2. The van der Waals surface area contributed by atoms with Crippen LogP contribution in [0.1, 0.15) is 18.4 Å². The second-order valence-electron chi connectivity index (χ2n) is 10.2. The number of carbonyl (C=O) groups excluding carboxylic acids is 2. The molecule has 1 atom stereocenters. The molecule has 2 heterocycles. The fraction of sp³-hybridized carbons (Fsp3) is 0.281. The molecule has 1 aromatic heterocycles. The molecule has 0 aliphatic carbocycles. The van der Waals surface area contributed by atoms with E-state index in [1.165, 1.54) is 24.3 Å². The molecule has 5 rings (SSSR count). The molecule has 3 amide bonds. The summed E-state index contributed by atoms with van der Waals surface area (Å²) in [5, 5.41) is 6.54. The average molecular weight is 655 g/mol. The van der Waals surface area contributed by atoms with Crippen molar-refractivity contribution in [2.45, 2.75) is 25.3 Å². The third-order valence-electron chi connectivity index (χ3n) is 7.01. The van der Waals surface area contributed by atoms with Crippen molar-refractivity contribution in [3.63, 3.8) is 0 Å². The minimum atomic E-state index is -0.797. The lowest BCUT2D eigenvalue weighted by Crippen LogP contribution is -2.41. The second kappa shape index (κ2) is 15.3. The van der Waals surface area contributed by atoms with Gasteiger partial charge in [-0.3, -0.25) is 15.1 Å². The van der Waals surface area contributed by atoms with Gasteiger partial charge in [-0.15, -0.1) is 0 Å². The van der Waals surface area contributed by atoms with Crippen LogP contribution in [0.5, 0.6) is 23.0 Å². The number of amides is 3. The Kier molecular flexibility index (Phi) is 11.0. The molecule has 1 aliphatic rings. The number of benzene rings is 3. The summed E-state index contributed by atoms with van der Waals surface area (Å²) in [5.41, 5.74) is 1.36. The summed E-state index contributed by atoms with van der Waals surface area (Å²) in [6.07, 6.45) is 3.23. The highest BCUT2D eigenvalue weighted by molar-refractivity contribution is 7.82. The summed E-state index contributed by atoms with van der Waals surface area (Å²) in [4.78, 5) is 29.4. The first-order valence-electron chi connectivity index (χ1n) is 14.3. The van der Waals surface area contributed by atoms with Gasteiger partial charge in [0.05, 0.1) is 49.6 Å². The molecule has 0 radical (unpaired) electrons. The molecular weight excluding hydrogens is 623 g/mol. The van der Waals surface area contributed by atoms with Gasteiger partial charge in [0.1, 0.15) is 17.3 Å². The van der Waals surface area contributed by atoms with E-state index in [-0.39, 0.29) is 11.4 Å². The lowest BCUT2D eigenvalue weighted by Gasteiger charge is -2.23. The van der Waals surface area contributed by atoms with Crippen molar-refractivity contribution in [1.29, 1.82) is 0 Å². The molecular formula is C32H32ClFN4O6S. The van der Waals surface area contributed by atoms with E-state index in [4.69, 9.17) is 30.5 Å². The molecule has 1 fully saturated rings. The Balaban J connectivity index is 1.23. The smallest absolute Gasteiger partial charge is 0.338 e. The van der Waals surface area contributed by atoms with Crippen LogP contribution in [0.25, 0.3) is 10.9 Å². The Morgan fingerprint density at radius 1 is 1.13 bits per heavy atom. The minimum absolute atomic E-state index is 0.176. The molecule has 2 N–H and O–H groups in total. The summed E-state index contributed by atoms with van der Waals surface area (Å²) >= 11 is 10.7. The number of hydrogen-bond donors (Lipinski definition) is 3. The van der Waals surface area contributed by atoms with E-state index in [2.05, 4.69) is 28.4 Å². The van der Waals surface area contributed by atoms with Gasteiger partial charge in [0.2, 0.25) is 5.91 Å². The highest BCUT2D eigenvalue weighted by atomic mass is 35.5. The predicted octanol–water partition coefficient (Wildman–Crippen LogP) is 6.11. The Morgan fingerprint density at radius 3 is 2.76 bits per heavy atom. The largest absolute Gasteiger partial charge is 0.493 e. The van der Waals surface area contributed by atoms with Crippen LogP contribution in [0.3, 0.4) is 0 Å². The van der Waals surface area contributed by atoms with Crippen LogP contribution in [0.4, 0.5) is 14.9 Å². The van der Waals surface area contributed by atoms with Crippen molar-refractivity contribution in [3.05, 3.63) is 83.3 Å². The number of morpholine rings is 1.